The smallest absolute Gasteiger partial charge is 0.255 e. The quantitative estimate of drug-likeness (QED) is 0.359. The first-order valence-corrected chi connectivity index (χ1v) is 13.5. The molecule has 0 fully saturated rings. The van der Waals surface area contributed by atoms with E-state index in [0.717, 1.165) is 13.0 Å². The summed E-state index contributed by atoms with van der Waals surface area (Å²) in [7, 11) is 3.89. The highest BCUT2D eigenvalue weighted by atomic mass is 16.5. The van der Waals surface area contributed by atoms with Gasteiger partial charge in [-0.3, -0.25) is 19.2 Å². The Morgan fingerprint density at radius 3 is 2.37 bits per heavy atom. The summed E-state index contributed by atoms with van der Waals surface area (Å²) < 4.78 is 6.03. The summed E-state index contributed by atoms with van der Waals surface area (Å²) in [5.41, 5.74) is 0.252. The van der Waals surface area contributed by atoms with Gasteiger partial charge in [0, 0.05) is 6.54 Å². The van der Waals surface area contributed by atoms with E-state index in [1.807, 2.05) is 32.8 Å². The largest absolute Gasteiger partial charge is 0.491 e. The van der Waals surface area contributed by atoms with E-state index < -0.39 is 29.8 Å². The van der Waals surface area contributed by atoms with Crippen LogP contribution >= 0.6 is 0 Å². The minimum atomic E-state index is -1.12. The normalized spacial score (nSPS) is 21.2. The van der Waals surface area contributed by atoms with Crippen molar-refractivity contribution in [3.05, 3.63) is 29.8 Å². The Balaban J connectivity index is 2.35. The van der Waals surface area contributed by atoms with Gasteiger partial charge in [0.2, 0.25) is 17.7 Å². The van der Waals surface area contributed by atoms with Crippen molar-refractivity contribution < 1.29 is 23.9 Å². The van der Waals surface area contributed by atoms with E-state index in [1.165, 1.54) is 0 Å². The monoisotopic (exact) mass is 531 g/mol. The molecule has 0 spiro atoms. The first kappa shape index (κ1) is 31.1. The molecule has 38 heavy (non-hydrogen) atoms. The third-order valence-corrected chi connectivity index (χ3v) is 6.13. The molecule has 0 radical (unpaired) electrons. The number of para-hydroxylation sites is 1. The Morgan fingerprint density at radius 1 is 1.03 bits per heavy atom. The van der Waals surface area contributed by atoms with Crippen molar-refractivity contribution in [1.29, 1.82) is 0 Å². The van der Waals surface area contributed by atoms with Crippen LogP contribution in [-0.2, 0) is 14.4 Å². The lowest BCUT2D eigenvalue weighted by molar-refractivity contribution is -0.131. The van der Waals surface area contributed by atoms with E-state index in [4.69, 9.17) is 4.74 Å². The molecular formula is C28H45N5O5. The topological polar surface area (TPSA) is 129 Å². The van der Waals surface area contributed by atoms with E-state index in [9.17, 15) is 19.2 Å². The zero-order valence-corrected chi connectivity index (χ0v) is 23.6. The number of ether oxygens (including phenoxy) is 1. The molecule has 0 saturated heterocycles. The lowest BCUT2D eigenvalue weighted by Crippen LogP contribution is -2.54. The lowest BCUT2D eigenvalue weighted by atomic mass is 10.00. The predicted octanol–water partition coefficient (Wildman–Crippen LogP) is 1.70. The number of benzene rings is 1. The van der Waals surface area contributed by atoms with Crippen LogP contribution in [0, 0.1) is 11.8 Å². The number of nitrogens with zero attached hydrogens (tertiary/aromatic N) is 1. The fourth-order valence-electron chi connectivity index (χ4n) is 4.33. The summed E-state index contributed by atoms with van der Waals surface area (Å²) in [5.74, 6) is -0.967. The van der Waals surface area contributed by atoms with E-state index in [0.29, 0.717) is 25.1 Å². The number of nitrogens with one attached hydrogen (secondary N) is 4. The second-order valence-electron chi connectivity index (χ2n) is 11.1. The van der Waals surface area contributed by atoms with E-state index in [1.54, 1.807) is 24.3 Å². The molecule has 0 aliphatic carbocycles. The van der Waals surface area contributed by atoms with Gasteiger partial charge in [-0.05, 0) is 63.9 Å². The maximum Gasteiger partial charge on any atom is 0.255 e. The third kappa shape index (κ3) is 10.7. The van der Waals surface area contributed by atoms with Crippen LogP contribution in [0.4, 0.5) is 0 Å². The average molecular weight is 532 g/mol. The summed E-state index contributed by atoms with van der Waals surface area (Å²) in [4.78, 5) is 54.6. The van der Waals surface area contributed by atoms with Gasteiger partial charge in [0.1, 0.15) is 24.4 Å². The number of fused-ring (bicyclic) bond motifs is 1. The summed E-state index contributed by atoms with van der Waals surface area (Å²) >= 11 is 0. The molecule has 212 valence electrons. The average Bonchev–Trinajstić information content (AvgIpc) is 2.83. The second kappa shape index (κ2) is 15.3. The molecule has 1 aromatic rings. The van der Waals surface area contributed by atoms with Gasteiger partial charge in [-0.25, -0.2) is 0 Å². The SMILES string of the molecule is CC(C)C[C@@H]1COc2ccccc2C(=O)N[C@H](C(=O)NCCCN(C)C)CC(=O)N[C@@H](CC(C)C)C(=O)N1. The first-order valence-electron chi connectivity index (χ1n) is 13.5. The molecule has 1 aliphatic heterocycles. The molecule has 10 nitrogen and oxygen atoms in total. The molecule has 10 heteroatoms. The highest BCUT2D eigenvalue weighted by Gasteiger charge is 2.30. The maximum atomic E-state index is 13.3. The van der Waals surface area contributed by atoms with Crippen LogP contribution in [0.2, 0.25) is 0 Å². The van der Waals surface area contributed by atoms with Crippen LogP contribution in [0.3, 0.4) is 0 Å². The maximum absolute atomic E-state index is 13.3. The van der Waals surface area contributed by atoms with Crippen molar-refractivity contribution in [3.63, 3.8) is 0 Å². The molecule has 3 atom stereocenters. The minimum absolute atomic E-state index is 0.145. The first-order chi connectivity index (χ1) is 18.0. The molecule has 1 aromatic carbocycles. The van der Waals surface area contributed by atoms with Crippen LogP contribution < -0.4 is 26.0 Å². The Morgan fingerprint density at radius 2 is 1.71 bits per heavy atom. The molecule has 0 unspecified atom stereocenters. The van der Waals surface area contributed by atoms with Gasteiger partial charge in [0.25, 0.3) is 5.91 Å². The van der Waals surface area contributed by atoms with Crippen molar-refractivity contribution in [2.45, 2.75) is 71.5 Å². The van der Waals surface area contributed by atoms with Gasteiger partial charge in [-0.15, -0.1) is 0 Å². The van der Waals surface area contributed by atoms with Crippen LogP contribution in [0.5, 0.6) is 5.75 Å². The number of hydrogen-bond acceptors (Lipinski definition) is 6. The predicted molar refractivity (Wildman–Crippen MR) is 147 cm³/mol. The molecule has 1 heterocycles. The van der Waals surface area contributed by atoms with Crippen molar-refractivity contribution in [1.82, 2.24) is 26.2 Å². The molecule has 4 amide bonds. The highest BCUT2D eigenvalue weighted by Crippen LogP contribution is 2.20. The van der Waals surface area contributed by atoms with Crippen molar-refractivity contribution >= 4 is 23.6 Å². The number of carbonyl (C=O) groups excluding carboxylic acids is 4. The van der Waals surface area contributed by atoms with Gasteiger partial charge in [0.15, 0.2) is 0 Å². The van der Waals surface area contributed by atoms with Gasteiger partial charge in [0.05, 0.1) is 18.0 Å². The Labute approximate surface area is 226 Å². The van der Waals surface area contributed by atoms with E-state index >= 15 is 0 Å². The highest BCUT2D eigenvalue weighted by molar-refractivity contribution is 6.01. The van der Waals surface area contributed by atoms with Gasteiger partial charge >= 0.3 is 0 Å². The van der Waals surface area contributed by atoms with Gasteiger partial charge in [-0.2, -0.15) is 0 Å². The summed E-state index contributed by atoms with van der Waals surface area (Å²) in [6, 6.07) is 4.55. The van der Waals surface area contributed by atoms with E-state index in [2.05, 4.69) is 35.1 Å². The van der Waals surface area contributed by atoms with E-state index in [-0.39, 0.29) is 42.4 Å². The van der Waals surface area contributed by atoms with Crippen molar-refractivity contribution in [2.24, 2.45) is 11.8 Å². The number of carbonyl (C=O) groups is 4. The molecule has 4 N–H and O–H groups in total. The molecule has 0 bridgehead atoms. The van der Waals surface area contributed by atoms with Crippen LogP contribution in [-0.4, -0.2) is 80.4 Å². The Hall–Kier alpha value is -3.14. The fourth-order valence-corrected chi connectivity index (χ4v) is 4.33. The van der Waals surface area contributed by atoms with Crippen molar-refractivity contribution in [3.8, 4) is 5.75 Å². The zero-order chi connectivity index (χ0) is 28.2. The molecular weight excluding hydrogens is 486 g/mol. The summed E-state index contributed by atoms with van der Waals surface area (Å²) in [5, 5.41) is 11.4. The number of rotatable bonds is 9. The summed E-state index contributed by atoms with van der Waals surface area (Å²) in [6.45, 7) is 9.40. The van der Waals surface area contributed by atoms with Gasteiger partial charge < -0.3 is 30.9 Å². The molecule has 0 aromatic heterocycles. The standard InChI is InChI=1S/C28H45N5O5/c1-18(2)14-20-17-38-24-11-8-7-10-21(24)26(35)32-23(27(36)29-12-9-13-33(5)6)16-25(34)31-22(15-19(3)4)28(37)30-20/h7-8,10-11,18-20,22-23H,9,12-17H2,1-6H3,(H,29,36)(H,30,37)(H,31,34)(H,32,35)/t20-,22+,23+/m1/s1. The number of hydrogen-bond donors (Lipinski definition) is 4. The summed E-state index contributed by atoms with van der Waals surface area (Å²) in [6.07, 6.45) is 1.52. The Bertz CT molecular complexity index is 949. The second-order valence-corrected chi connectivity index (χ2v) is 11.1. The van der Waals surface area contributed by atoms with Crippen LogP contribution in [0.25, 0.3) is 0 Å². The number of amides is 4. The third-order valence-electron chi connectivity index (χ3n) is 6.13. The van der Waals surface area contributed by atoms with Gasteiger partial charge in [-0.1, -0.05) is 39.8 Å². The van der Waals surface area contributed by atoms with Crippen LogP contribution in [0.15, 0.2) is 24.3 Å². The minimum Gasteiger partial charge on any atom is -0.491 e. The molecule has 0 saturated carbocycles. The Kier molecular flexibility index (Phi) is 12.5. The van der Waals surface area contributed by atoms with Crippen molar-refractivity contribution in [2.75, 3.05) is 33.8 Å². The van der Waals surface area contributed by atoms with Crippen LogP contribution in [0.1, 0.15) is 63.7 Å². The fraction of sp³-hybridized carbons (Fsp3) is 0.643. The zero-order valence-electron chi connectivity index (χ0n) is 23.6. The molecule has 1 aliphatic rings. The molecule has 2 rings (SSSR count). The lowest BCUT2D eigenvalue weighted by Gasteiger charge is -2.27.